The number of benzene rings is 1. The highest BCUT2D eigenvalue weighted by atomic mass is 79.9. The Labute approximate surface area is 88.2 Å². The van der Waals surface area contributed by atoms with Crippen molar-refractivity contribution in [1.29, 1.82) is 0 Å². The summed E-state index contributed by atoms with van der Waals surface area (Å²) in [4.78, 5) is 0.440. The van der Waals surface area contributed by atoms with E-state index in [-0.39, 0.29) is 0 Å². The predicted octanol–water partition coefficient (Wildman–Crippen LogP) is 3.20. The van der Waals surface area contributed by atoms with E-state index in [2.05, 4.69) is 47.1 Å². The van der Waals surface area contributed by atoms with Crippen LogP contribution in [0.25, 0.3) is 0 Å². The molecule has 0 aliphatic heterocycles. The lowest BCUT2D eigenvalue weighted by Crippen LogP contribution is -2.14. The third kappa shape index (κ3) is 3.12. The molecule has 1 nitrogen and oxygen atoms in total. The first-order valence-electron chi connectivity index (χ1n) is 4.43. The van der Waals surface area contributed by atoms with Crippen LogP contribution in [0.1, 0.15) is 18.4 Å². The van der Waals surface area contributed by atoms with Gasteiger partial charge in [-0.15, -0.1) is 0 Å². The lowest BCUT2D eigenvalue weighted by molar-refractivity contribution is 0.179. The molecule has 2 unspecified atom stereocenters. The van der Waals surface area contributed by atoms with Crippen LogP contribution in [0.5, 0.6) is 0 Å². The molecular formula is C11H15BrO. The number of halogens is 1. The summed E-state index contributed by atoms with van der Waals surface area (Å²) in [6, 6.07) is 10.4. The van der Waals surface area contributed by atoms with E-state index in [1.54, 1.807) is 7.11 Å². The van der Waals surface area contributed by atoms with E-state index in [0.29, 0.717) is 10.7 Å². The maximum Gasteiger partial charge on any atom is 0.0541 e. The van der Waals surface area contributed by atoms with Crippen molar-refractivity contribution in [3.05, 3.63) is 35.9 Å². The molecule has 0 aliphatic rings. The first-order valence-corrected chi connectivity index (χ1v) is 5.35. The van der Waals surface area contributed by atoms with E-state index in [4.69, 9.17) is 4.74 Å². The normalized spacial score (nSPS) is 15.3. The minimum absolute atomic E-state index is 0.436. The second-order valence-electron chi connectivity index (χ2n) is 3.15. The van der Waals surface area contributed by atoms with Gasteiger partial charge in [0.1, 0.15) is 0 Å². The molecule has 1 aromatic rings. The van der Waals surface area contributed by atoms with Gasteiger partial charge in [0.25, 0.3) is 0 Å². The van der Waals surface area contributed by atoms with Crippen molar-refractivity contribution in [2.75, 3.05) is 13.7 Å². The van der Waals surface area contributed by atoms with Crippen LogP contribution >= 0.6 is 15.9 Å². The standard InChI is InChI=1S/C11H15BrO/c1-9(12)11(8-13-2)10-6-4-3-5-7-10/h3-7,9,11H,8H2,1-2H3. The van der Waals surface area contributed by atoms with E-state index < -0.39 is 0 Å². The molecule has 0 heterocycles. The van der Waals surface area contributed by atoms with Crippen LogP contribution in [0.3, 0.4) is 0 Å². The lowest BCUT2D eigenvalue weighted by atomic mass is 9.97. The third-order valence-corrected chi connectivity index (χ3v) is 2.77. The summed E-state index contributed by atoms with van der Waals surface area (Å²) in [5.41, 5.74) is 1.33. The van der Waals surface area contributed by atoms with E-state index in [0.717, 1.165) is 6.61 Å². The Bertz CT molecular complexity index is 233. The van der Waals surface area contributed by atoms with Crippen LogP contribution in [0.4, 0.5) is 0 Å². The minimum Gasteiger partial charge on any atom is -0.384 e. The van der Waals surface area contributed by atoms with Gasteiger partial charge in [-0.05, 0) is 5.56 Å². The van der Waals surface area contributed by atoms with Crippen LogP contribution in [0.2, 0.25) is 0 Å². The fourth-order valence-electron chi connectivity index (χ4n) is 1.37. The van der Waals surface area contributed by atoms with Crippen LogP contribution in [-0.4, -0.2) is 18.5 Å². The maximum atomic E-state index is 5.19. The molecule has 13 heavy (non-hydrogen) atoms. The first-order chi connectivity index (χ1) is 6.25. The molecule has 0 aromatic heterocycles. The number of hydrogen-bond acceptors (Lipinski definition) is 1. The zero-order valence-corrected chi connectivity index (χ0v) is 9.62. The molecule has 2 heteroatoms. The molecule has 2 atom stereocenters. The van der Waals surface area contributed by atoms with E-state index in [9.17, 15) is 0 Å². The lowest BCUT2D eigenvalue weighted by Gasteiger charge is -2.18. The van der Waals surface area contributed by atoms with Crippen molar-refractivity contribution in [3.63, 3.8) is 0 Å². The Morgan fingerprint density at radius 1 is 1.31 bits per heavy atom. The maximum absolute atomic E-state index is 5.19. The molecule has 1 aromatic carbocycles. The number of rotatable bonds is 4. The van der Waals surface area contributed by atoms with Crippen molar-refractivity contribution in [3.8, 4) is 0 Å². The predicted molar refractivity (Wildman–Crippen MR) is 59.4 cm³/mol. The van der Waals surface area contributed by atoms with Gasteiger partial charge in [0.15, 0.2) is 0 Å². The van der Waals surface area contributed by atoms with Crippen molar-refractivity contribution >= 4 is 15.9 Å². The van der Waals surface area contributed by atoms with Crippen LogP contribution in [-0.2, 0) is 4.74 Å². The van der Waals surface area contributed by atoms with E-state index in [1.165, 1.54) is 5.56 Å². The van der Waals surface area contributed by atoms with Gasteiger partial charge < -0.3 is 4.74 Å². The van der Waals surface area contributed by atoms with Gasteiger partial charge in [-0.25, -0.2) is 0 Å². The van der Waals surface area contributed by atoms with Gasteiger partial charge in [0.05, 0.1) is 6.61 Å². The van der Waals surface area contributed by atoms with Gasteiger partial charge in [-0.2, -0.15) is 0 Å². The Hall–Kier alpha value is -0.340. The smallest absolute Gasteiger partial charge is 0.0541 e. The molecule has 1 rings (SSSR count). The van der Waals surface area contributed by atoms with Crippen molar-refractivity contribution in [1.82, 2.24) is 0 Å². The molecule has 0 radical (unpaired) electrons. The largest absolute Gasteiger partial charge is 0.384 e. The van der Waals surface area contributed by atoms with Crippen molar-refractivity contribution in [2.45, 2.75) is 17.7 Å². The number of ether oxygens (including phenoxy) is 1. The number of hydrogen-bond donors (Lipinski definition) is 0. The Morgan fingerprint density at radius 3 is 2.38 bits per heavy atom. The van der Waals surface area contributed by atoms with Crippen LogP contribution in [0.15, 0.2) is 30.3 Å². The second-order valence-corrected chi connectivity index (χ2v) is 4.59. The molecule has 0 amide bonds. The van der Waals surface area contributed by atoms with Crippen LogP contribution < -0.4 is 0 Å². The molecular weight excluding hydrogens is 228 g/mol. The van der Waals surface area contributed by atoms with Crippen molar-refractivity contribution in [2.24, 2.45) is 0 Å². The van der Waals surface area contributed by atoms with Gasteiger partial charge in [0.2, 0.25) is 0 Å². The van der Waals surface area contributed by atoms with Crippen molar-refractivity contribution < 1.29 is 4.74 Å². The molecule has 0 saturated carbocycles. The Balaban J connectivity index is 2.76. The highest BCUT2D eigenvalue weighted by Gasteiger charge is 2.15. The van der Waals surface area contributed by atoms with Gasteiger partial charge in [0, 0.05) is 17.9 Å². The first kappa shape index (κ1) is 10.7. The Kier molecular flexibility index (Phi) is 4.46. The quantitative estimate of drug-likeness (QED) is 0.738. The fourth-order valence-corrected chi connectivity index (χ4v) is 1.83. The molecule has 0 aliphatic carbocycles. The zero-order chi connectivity index (χ0) is 9.68. The topological polar surface area (TPSA) is 9.23 Å². The van der Waals surface area contributed by atoms with Gasteiger partial charge in [-0.3, -0.25) is 0 Å². The molecule has 0 fully saturated rings. The summed E-state index contributed by atoms with van der Waals surface area (Å²) in [7, 11) is 1.74. The molecule has 0 saturated heterocycles. The number of alkyl halides is 1. The highest BCUT2D eigenvalue weighted by molar-refractivity contribution is 9.09. The monoisotopic (exact) mass is 242 g/mol. The zero-order valence-electron chi connectivity index (χ0n) is 8.03. The fraction of sp³-hybridized carbons (Fsp3) is 0.455. The average molecular weight is 243 g/mol. The molecule has 0 bridgehead atoms. The summed E-state index contributed by atoms with van der Waals surface area (Å²) >= 11 is 3.60. The second kappa shape index (κ2) is 5.40. The number of methoxy groups -OCH3 is 1. The Morgan fingerprint density at radius 2 is 1.92 bits per heavy atom. The molecule has 0 spiro atoms. The highest BCUT2D eigenvalue weighted by Crippen LogP contribution is 2.24. The van der Waals surface area contributed by atoms with Gasteiger partial charge >= 0.3 is 0 Å². The third-order valence-electron chi connectivity index (χ3n) is 2.13. The minimum atomic E-state index is 0.436. The van der Waals surface area contributed by atoms with E-state index in [1.807, 2.05) is 6.07 Å². The van der Waals surface area contributed by atoms with Gasteiger partial charge in [-0.1, -0.05) is 53.2 Å². The summed E-state index contributed by atoms with van der Waals surface area (Å²) in [5, 5.41) is 0. The molecule has 72 valence electrons. The molecule has 0 N–H and O–H groups in total. The van der Waals surface area contributed by atoms with Crippen LogP contribution in [0, 0.1) is 0 Å². The average Bonchev–Trinajstić information content (AvgIpc) is 2.15. The summed E-state index contributed by atoms with van der Waals surface area (Å²) in [6.07, 6.45) is 0. The summed E-state index contributed by atoms with van der Waals surface area (Å²) in [5.74, 6) is 0.436. The van der Waals surface area contributed by atoms with E-state index >= 15 is 0 Å². The summed E-state index contributed by atoms with van der Waals surface area (Å²) < 4.78 is 5.19. The SMILES string of the molecule is COCC(c1ccccc1)C(C)Br. The summed E-state index contributed by atoms with van der Waals surface area (Å²) in [6.45, 7) is 2.91.